The predicted molar refractivity (Wildman–Crippen MR) is 134 cm³/mol. The molecule has 4 aromatic heterocycles. The Morgan fingerprint density at radius 2 is 1.44 bits per heavy atom. The van der Waals surface area contributed by atoms with E-state index in [-0.39, 0.29) is 11.6 Å². The second kappa shape index (κ2) is 7.41. The molecule has 0 aliphatic carbocycles. The third-order valence-electron chi connectivity index (χ3n) is 6.15. The maximum Gasteiger partial charge on any atom is 0.174 e. The van der Waals surface area contributed by atoms with E-state index in [9.17, 15) is 0 Å². The fraction of sp³-hybridized carbons (Fsp3) is 0.125. The van der Waals surface area contributed by atoms with Crippen LogP contribution < -0.4 is 17.2 Å². The lowest BCUT2D eigenvalue weighted by atomic mass is 10.1. The molecule has 34 heavy (non-hydrogen) atoms. The van der Waals surface area contributed by atoms with Gasteiger partial charge in [-0.05, 0) is 24.1 Å². The van der Waals surface area contributed by atoms with Crippen LogP contribution in [0.4, 0.5) is 17.5 Å². The molecule has 0 saturated heterocycles. The number of hydrogen-bond acceptors (Lipinski definition) is 8. The van der Waals surface area contributed by atoms with Gasteiger partial charge in [-0.1, -0.05) is 42.5 Å². The first kappa shape index (κ1) is 19.9. The highest BCUT2D eigenvalue weighted by Gasteiger charge is 2.25. The Bertz CT molecular complexity index is 1700. The van der Waals surface area contributed by atoms with Gasteiger partial charge in [0.2, 0.25) is 0 Å². The van der Waals surface area contributed by atoms with E-state index in [0.29, 0.717) is 45.9 Å². The van der Waals surface area contributed by atoms with Crippen molar-refractivity contribution < 1.29 is 0 Å². The third kappa shape index (κ3) is 2.92. The predicted octanol–water partition coefficient (Wildman–Crippen LogP) is 2.92. The summed E-state index contributed by atoms with van der Waals surface area (Å²) >= 11 is 0. The number of fused-ring (bicyclic) bond motifs is 3. The Labute approximate surface area is 194 Å². The Kier molecular flexibility index (Phi) is 4.34. The number of para-hydroxylation sites is 2. The van der Waals surface area contributed by atoms with Crippen molar-refractivity contribution in [3.8, 4) is 11.4 Å². The first-order chi connectivity index (χ1) is 16.5. The third-order valence-corrected chi connectivity index (χ3v) is 6.15. The molecule has 6 N–H and O–H groups in total. The van der Waals surface area contributed by atoms with Gasteiger partial charge in [-0.3, -0.25) is 0 Å². The molecule has 6 aromatic rings. The minimum atomic E-state index is 0.158. The summed E-state index contributed by atoms with van der Waals surface area (Å²) in [4.78, 5) is 14.5. The summed E-state index contributed by atoms with van der Waals surface area (Å²) in [7, 11) is 1.96. The fourth-order valence-electron chi connectivity index (χ4n) is 4.41. The van der Waals surface area contributed by atoms with Crippen molar-refractivity contribution in [2.45, 2.75) is 13.0 Å². The summed E-state index contributed by atoms with van der Waals surface area (Å²) in [5, 5.41) is 7.83. The van der Waals surface area contributed by atoms with E-state index in [4.69, 9.17) is 32.2 Å². The largest absolute Gasteiger partial charge is 0.384 e. The van der Waals surface area contributed by atoms with Gasteiger partial charge in [-0.2, -0.15) is 0 Å². The van der Waals surface area contributed by atoms with Crippen molar-refractivity contribution in [2.75, 3.05) is 17.2 Å². The molecule has 0 aliphatic heterocycles. The van der Waals surface area contributed by atoms with Crippen LogP contribution in [-0.2, 0) is 20.0 Å². The second-order valence-corrected chi connectivity index (χ2v) is 8.19. The average molecular weight is 451 g/mol. The van der Waals surface area contributed by atoms with E-state index in [1.165, 1.54) is 5.56 Å². The SMILES string of the molecule is Cn1c(-c2c(N)n(CCc3ccccc3)c3nc4c(N)nnc(N)c4nc23)nc2ccccc21. The molecule has 6 rings (SSSR count). The molecule has 0 aliphatic rings. The lowest BCUT2D eigenvalue weighted by molar-refractivity contribution is 0.725. The van der Waals surface area contributed by atoms with Crippen LogP contribution in [0, 0.1) is 0 Å². The lowest BCUT2D eigenvalue weighted by Crippen LogP contribution is -2.08. The maximum absolute atomic E-state index is 6.78. The number of imidazole rings is 1. The first-order valence-corrected chi connectivity index (χ1v) is 10.9. The van der Waals surface area contributed by atoms with Crippen LogP contribution in [0.5, 0.6) is 0 Å². The van der Waals surface area contributed by atoms with Crippen LogP contribution in [-0.4, -0.2) is 34.3 Å². The molecule has 0 fully saturated rings. The van der Waals surface area contributed by atoms with Gasteiger partial charge in [0.1, 0.15) is 28.2 Å². The van der Waals surface area contributed by atoms with Crippen molar-refractivity contribution in [3.63, 3.8) is 0 Å². The monoisotopic (exact) mass is 450 g/mol. The standard InChI is InChI=1S/C24H22N10/c1-33-15-10-6-5-9-14(15)28-23(33)16-17-24(30-19-18(29-17)20(25)31-32-21(19)26)34(22(16)27)12-11-13-7-3-2-4-8-13/h2-10H,11-12,27H2,1H3,(H2,25,31)(H2,26,32). The quantitative estimate of drug-likeness (QED) is 0.371. The Morgan fingerprint density at radius 1 is 0.765 bits per heavy atom. The molecular formula is C24H22N10. The molecule has 0 saturated carbocycles. The van der Waals surface area contributed by atoms with E-state index < -0.39 is 0 Å². The van der Waals surface area contributed by atoms with Crippen LogP contribution in [0.2, 0.25) is 0 Å². The summed E-state index contributed by atoms with van der Waals surface area (Å²) < 4.78 is 3.97. The van der Waals surface area contributed by atoms with Gasteiger partial charge in [0.25, 0.3) is 0 Å². The molecule has 2 aromatic carbocycles. The smallest absolute Gasteiger partial charge is 0.174 e. The van der Waals surface area contributed by atoms with Gasteiger partial charge in [0, 0.05) is 13.6 Å². The van der Waals surface area contributed by atoms with Crippen LogP contribution in [0.25, 0.3) is 44.6 Å². The highest BCUT2D eigenvalue weighted by molar-refractivity contribution is 6.04. The zero-order valence-electron chi connectivity index (χ0n) is 18.5. The first-order valence-electron chi connectivity index (χ1n) is 10.9. The number of nitrogen functional groups attached to an aromatic ring is 3. The van der Waals surface area contributed by atoms with Crippen molar-refractivity contribution >= 4 is 50.7 Å². The summed E-state index contributed by atoms with van der Waals surface area (Å²) in [6, 6.07) is 18.1. The van der Waals surface area contributed by atoms with Gasteiger partial charge in [0.15, 0.2) is 17.3 Å². The van der Waals surface area contributed by atoms with Crippen LogP contribution in [0.15, 0.2) is 54.6 Å². The Balaban J connectivity index is 1.64. The Morgan fingerprint density at radius 3 is 2.18 bits per heavy atom. The van der Waals surface area contributed by atoms with Gasteiger partial charge in [-0.15, -0.1) is 10.2 Å². The molecule has 0 radical (unpaired) electrons. The van der Waals surface area contributed by atoms with Crippen molar-refractivity contribution in [2.24, 2.45) is 7.05 Å². The minimum absolute atomic E-state index is 0.158. The van der Waals surface area contributed by atoms with Crippen LogP contribution in [0.1, 0.15) is 5.56 Å². The summed E-state index contributed by atoms with van der Waals surface area (Å²) in [5.74, 6) is 1.55. The molecule has 0 unspecified atom stereocenters. The van der Waals surface area contributed by atoms with E-state index in [2.05, 4.69) is 22.3 Å². The summed E-state index contributed by atoms with van der Waals surface area (Å²) in [6.07, 6.45) is 0.767. The summed E-state index contributed by atoms with van der Waals surface area (Å²) in [6.45, 7) is 0.602. The van der Waals surface area contributed by atoms with E-state index >= 15 is 0 Å². The van der Waals surface area contributed by atoms with Gasteiger partial charge in [-0.25, -0.2) is 15.0 Å². The number of nitrogens with two attached hydrogens (primary N) is 3. The van der Waals surface area contributed by atoms with Crippen molar-refractivity contribution in [3.05, 3.63) is 60.2 Å². The molecule has 0 atom stereocenters. The molecule has 10 nitrogen and oxygen atoms in total. The summed E-state index contributed by atoms with van der Waals surface area (Å²) in [5.41, 5.74) is 24.7. The fourth-order valence-corrected chi connectivity index (χ4v) is 4.41. The van der Waals surface area contributed by atoms with E-state index in [1.807, 2.05) is 58.6 Å². The average Bonchev–Trinajstić information content (AvgIpc) is 3.32. The molecule has 0 bridgehead atoms. The molecule has 0 spiro atoms. The highest BCUT2D eigenvalue weighted by atomic mass is 15.2. The zero-order valence-corrected chi connectivity index (χ0v) is 18.5. The molecule has 10 heteroatoms. The molecular weight excluding hydrogens is 428 g/mol. The minimum Gasteiger partial charge on any atom is -0.384 e. The van der Waals surface area contributed by atoms with E-state index in [0.717, 1.165) is 17.5 Å². The normalized spacial score (nSPS) is 11.7. The number of aryl methyl sites for hydroxylation is 3. The second-order valence-electron chi connectivity index (χ2n) is 8.19. The van der Waals surface area contributed by atoms with Gasteiger partial charge >= 0.3 is 0 Å². The van der Waals surface area contributed by atoms with Crippen LogP contribution >= 0.6 is 0 Å². The topological polar surface area (TPSA) is 152 Å². The lowest BCUT2D eigenvalue weighted by Gasteiger charge is -2.08. The number of aromatic nitrogens is 7. The van der Waals surface area contributed by atoms with Crippen molar-refractivity contribution in [1.82, 2.24) is 34.3 Å². The maximum atomic E-state index is 6.78. The zero-order chi connectivity index (χ0) is 23.4. The molecule has 168 valence electrons. The van der Waals surface area contributed by atoms with Gasteiger partial charge < -0.3 is 26.3 Å². The molecule has 4 heterocycles. The number of anilines is 3. The van der Waals surface area contributed by atoms with Crippen molar-refractivity contribution in [1.29, 1.82) is 0 Å². The Hall–Kier alpha value is -4.73. The highest BCUT2D eigenvalue weighted by Crippen LogP contribution is 2.37. The number of nitrogens with zero attached hydrogens (tertiary/aromatic N) is 7. The van der Waals surface area contributed by atoms with E-state index in [1.54, 1.807) is 0 Å². The number of benzene rings is 2. The molecule has 0 amide bonds. The van der Waals surface area contributed by atoms with Crippen LogP contribution in [0.3, 0.4) is 0 Å². The van der Waals surface area contributed by atoms with Gasteiger partial charge in [0.05, 0.1) is 16.6 Å². The number of hydrogen-bond donors (Lipinski definition) is 3. The number of rotatable bonds is 4.